The van der Waals surface area contributed by atoms with Crippen molar-refractivity contribution in [2.75, 3.05) is 31.9 Å². The summed E-state index contributed by atoms with van der Waals surface area (Å²) in [7, 11) is 0. The molecule has 0 aliphatic carbocycles. The topological polar surface area (TPSA) is 65.1 Å². The number of carbonyl (C=O) groups is 1. The van der Waals surface area contributed by atoms with Crippen LogP contribution in [-0.4, -0.2) is 62.8 Å². The van der Waals surface area contributed by atoms with Gasteiger partial charge in [-0.3, -0.25) is 14.8 Å². The van der Waals surface area contributed by atoms with Gasteiger partial charge in [0.15, 0.2) is 5.82 Å². The SMILES string of the molecule is O=C(CSc1n[nH]c(-c2ccccc2F)n1)N1CCN(Cc2cccc(Cl)c2)CC1. The van der Waals surface area contributed by atoms with Crippen molar-refractivity contribution in [2.24, 2.45) is 0 Å². The van der Waals surface area contributed by atoms with Crippen molar-refractivity contribution < 1.29 is 9.18 Å². The lowest BCUT2D eigenvalue weighted by atomic mass is 10.2. The highest BCUT2D eigenvalue weighted by Gasteiger charge is 2.22. The lowest BCUT2D eigenvalue weighted by Gasteiger charge is -2.34. The average molecular weight is 446 g/mol. The van der Waals surface area contributed by atoms with Gasteiger partial charge in [-0.25, -0.2) is 9.37 Å². The first-order chi connectivity index (χ1) is 14.6. The van der Waals surface area contributed by atoms with E-state index in [0.717, 1.165) is 24.7 Å². The molecule has 1 N–H and O–H groups in total. The van der Waals surface area contributed by atoms with Crippen LogP contribution in [0, 0.1) is 5.82 Å². The number of carbonyl (C=O) groups excluding carboxylic acids is 1. The van der Waals surface area contributed by atoms with Gasteiger partial charge in [-0.1, -0.05) is 47.6 Å². The summed E-state index contributed by atoms with van der Waals surface area (Å²) in [5, 5.41) is 7.99. The quantitative estimate of drug-likeness (QED) is 0.586. The molecule has 0 spiro atoms. The van der Waals surface area contributed by atoms with E-state index >= 15 is 0 Å². The van der Waals surface area contributed by atoms with Gasteiger partial charge in [0, 0.05) is 37.7 Å². The van der Waals surface area contributed by atoms with E-state index in [1.807, 2.05) is 23.1 Å². The maximum Gasteiger partial charge on any atom is 0.233 e. The first-order valence-electron chi connectivity index (χ1n) is 9.63. The molecule has 156 valence electrons. The van der Waals surface area contributed by atoms with Crippen molar-refractivity contribution in [1.82, 2.24) is 25.0 Å². The first kappa shape index (κ1) is 20.8. The van der Waals surface area contributed by atoms with Crippen molar-refractivity contribution in [2.45, 2.75) is 11.7 Å². The summed E-state index contributed by atoms with van der Waals surface area (Å²) in [5.74, 6) is 0.303. The molecule has 9 heteroatoms. The molecule has 1 aliphatic heterocycles. The Hall–Kier alpha value is -2.42. The number of piperazine rings is 1. The molecule has 0 saturated carbocycles. The second kappa shape index (κ2) is 9.59. The summed E-state index contributed by atoms with van der Waals surface area (Å²) in [5.41, 5.74) is 1.53. The molecule has 3 aromatic rings. The van der Waals surface area contributed by atoms with E-state index in [9.17, 15) is 9.18 Å². The van der Waals surface area contributed by atoms with Gasteiger partial charge in [-0.2, -0.15) is 0 Å². The van der Waals surface area contributed by atoms with Crippen LogP contribution in [0.15, 0.2) is 53.7 Å². The molecular weight excluding hydrogens is 425 g/mol. The van der Waals surface area contributed by atoms with Gasteiger partial charge in [0.25, 0.3) is 0 Å². The number of hydrogen-bond acceptors (Lipinski definition) is 5. The highest BCUT2D eigenvalue weighted by molar-refractivity contribution is 7.99. The lowest BCUT2D eigenvalue weighted by molar-refractivity contribution is -0.130. The van der Waals surface area contributed by atoms with Crippen LogP contribution in [0.4, 0.5) is 4.39 Å². The van der Waals surface area contributed by atoms with Crippen molar-refractivity contribution in [3.05, 3.63) is 64.9 Å². The smallest absolute Gasteiger partial charge is 0.233 e. The van der Waals surface area contributed by atoms with Crippen molar-refractivity contribution >= 4 is 29.3 Å². The molecule has 1 saturated heterocycles. The summed E-state index contributed by atoms with van der Waals surface area (Å²) in [6.45, 7) is 3.85. The van der Waals surface area contributed by atoms with Gasteiger partial charge >= 0.3 is 0 Å². The van der Waals surface area contributed by atoms with Crippen LogP contribution < -0.4 is 0 Å². The molecule has 2 aromatic carbocycles. The number of halogens is 2. The minimum Gasteiger partial charge on any atom is -0.339 e. The molecule has 1 fully saturated rings. The highest BCUT2D eigenvalue weighted by Crippen LogP contribution is 2.22. The zero-order valence-electron chi connectivity index (χ0n) is 16.2. The molecule has 6 nitrogen and oxygen atoms in total. The van der Waals surface area contributed by atoms with E-state index in [2.05, 4.69) is 26.1 Å². The van der Waals surface area contributed by atoms with Crippen molar-refractivity contribution in [1.29, 1.82) is 0 Å². The number of thioether (sulfide) groups is 1. The summed E-state index contributed by atoms with van der Waals surface area (Å²) >= 11 is 7.30. The number of H-pyrrole nitrogens is 1. The van der Waals surface area contributed by atoms with E-state index in [4.69, 9.17) is 11.6 Å². The van der Waals surface area contributed by atoms with Crippen LogP contribution in [-0.2, 0) is 11.3 Å². The fourth-order valence-electron chi connectivity index (χ4n) is 3.35. The Bertz CT molecular complexity index is 1020. The molecule has 1 aromatic heterocycles. The molecule has 0 bridgehead atoms. The van der Waals surface area contributed by atoms with E-state index in [1.165, 1.54) is 23.4 Å². The molecule has 30 heavy (non-hydrogen) atoms. The number of aromatic nitrogens is 3. The predicted molar refractivity (Wildman–Crippen MR) is 116 cm³/mol. The Morgan fingerprint density at radius 1 is 1.13 bits per heavy atom. The third kappa shape index (κ3) is 5.19. The van der Waals surface area contributed by atoms with Crippen molar-refractivity contribution in [3.8, 4) is 11.4 Å². The number of benzene rings is 2. The van der Waals surface area contributed by atoms with E-state index < -0.39 is 0 Å². The Balaban J connectivity index is 1.25. The van der Waals surface area contributed by atoms with Crippen molar-refractivity contribution in [3.63, 3.8) is 0 Å². The number of aromatic amines is 1. The van der Waals surface area contributed by atoms with Crippen LogP contribution >= 0.6 is 23.4 Å². The number of rotatable bonds is 6. The second-order valence-corrected chi connectivity index (χ2v) is 8.40. The molecule has 0 unspecified atom stereocenters. The van der Waals surface area contributed by atoms with Gasteiger partial charge in [-0.15, -0.1) is 5.10 Å². The van der Waals surface area contributed by atoms with Gasteiger partial charge in [-0.05, 0) is 29.8 Å². The molecular formula is C21H21ClFN5OS. The normalized spacial score (nSPS) is 14.8. The maximum atomic E-state index is 13.9. The number of hydrogen-bond donors (Lipinski definition) is 1. The zero-order chi connectivity index (χ0) is 20.9. The van der Waals surface area contributed by atoms with Crippen LogP contribution in [0.5, 0.6) is 0 Å². The fraction of sp³-hybridized carbons (Fsp3) is 0.286. The standard InChI is InChI=1S/C21H21ClFN5OS/c22-16-5-3-4-15(12-16)13-27-8-10-28(11-9-27)19(29)14-30-21-24-20(25-26-21)17-6-1-2-7-18(17)23/h1-7,12H,8-11,13-14H2,(H,24,25,26). The largest absolute Gasteiger partial charge is 0.339 e. The summed E-state index contributed by atoms with van der Waals surface area (Å²) in [4.78, 5) is 21.0. The van der Waals surface area contributed by atoms with Crippen LogP contribution in [0.3, 0.4) is 0 Å². The van der Waals surface area contributed by atoms with Crippen LogP contribution in [0.1, 0.15) is 5.56 Å². The first-order valence-corrected chi connectivity index (χ1v) is 11.0. The van der Waals surface area contributed by atoms with E-state index in [1.54, 1.807) is 18.2 Å². The molecule has 2 heterocycles. The minimum absolute atomic E-state index is 0.0552. The summed E-state index contributed by atoms with van der Waals surface area (Å²) in [6.07, 6.45) is 0. The molecule has 1 amide bonds. The summed E-state index contributed by atoms with van der Waals surface area (Å²) in [6, 6.07) is 14.2. The van der Waals surface area contributed by atoms with Gasteiger partial charge in [0.1, 0.15) is 5.82 Å². The zero-order valence-corrected chi connectivity index (χ0v) is 17.8. The maximum absolute atomic E-state index is 13.9. The molecule has 4 rings (SSSR count). The summed E-state index contributed by atoms with van der Waals surface area (Å²) < 4.78 is 13.9. The fourth-order valence-corrected chi connectivity index (χ4v) is 4.27. The Morgan fingerprint density at radius 3 is 2.70 bits per heavy atom. The van der Waals surface area contributed by atoms with Gasteiger partial charge in [0.05, 0.1) is 11.3 Å². The molecule has 0 radical (unpaired) electrons. The van der Waals surface area contributed by atoms with Crippen LogP contribution in [0.25, 0.3) is 11.4 Å². The molecule has 0 atom stereocenters. The number of nitrogens with one attached hydrogen (secondary N) is 1. The third-order valence-electron chi connectivity index (χ3n) is 4.94. The second-order valence-electron chi connectivity index (χ2n) is 7.02. The predicted octanol–water partition coefficient (Wildman–Crippen LogP) is 3.70. The average Bonchev–Trinajstić information content (AvgIpc) is 3.22. The number of nitrogens with zero attached hydrogens (tertiary/aromatic N) is 4. The van der Waals surface area contributed by atoms with Crippen LogP contribution in [0.2, 0.25) is 5.02 Å². The minimum atomic E-state index is -0.364. The lowest BCUT2D eigenvalue weighted by Crippen LogP contribution is -2.48. The van der Waals surface area contributed by atoms with E-state index in [-0.39, 0.29) is 17.5 Å². The van der Waals surface area contributed by atoms with E-state index in [0.29, 0.717) is 29.6 Å². The highest BCUT2D eigenvalue weighted by atomic mass is 35.5. The Labute approximate surface area is 183 Å². The third-order valence-corrected chi connectivity index (χ3v) is 6.01. The Morgan fingerprint density at radius 2 is 1.93 bits per heavy atom. The van der Waals surface area contributed by atoms with Gasteiger partial charge < -0.3 is 4.90 Å². The van der Waals surface area contributed by atoms with Gasteiger partial charge in [0.2, 0.25) is 11.1 Å². The molecule has 1 aliphatic rings. The Kier molecular flexibility index (Phi) is 6.66. The number of amides is 1. The monoisotopic (exact) mass is 445 g/mol.